The molecule has 3 aromatic rings. The van der Waals surface area contributed by atoms with E-state index in [1.807, 2.05) is 13.8 Å². The van der Waals surface area contributed by atoms with Crippen LogP contribution in [0.3, 0.4) is 0 Å². The standard InChI is InChI=1S/C19H21F2N5O2/c1-10(2)17-25-19(28-26-17)16(11-3-5-27-6-4-11)24-18-12-7-13(20)14(21)8-15(12)22-9-23-18/h7-11,16H,3-6H2,1-2H3,(H,22,23,24)/t16-/m0/s1. The van der Waals surface area contributed by atoms with Crippen LogP contribution >= 0.6 is 0 Å². The first-order chi connectivity index (χ1) is 13.5. The molecule has 28 heavy (non-hydrogen) atoms. The Balaban J connectivity index is 1.73. The lowest BCUT2D eigenvalue weighted by Gasteiger charge is -2.29. The van der Waals surface area contributed by atoms with Crippen molar-refractivity contribution in [1.29, 1.82) is 0 Å². The Labute approximate surface area is 160 Å². The molecule has 0 amide bonds. The van der Waals surface area contributed by atoms with Crippen LogP contribution in [0.2, 0.25) is 0 Å². The minimum atomic E-state index is -0.951. The fourth-order valence-corrected chi connectivity index (χ4v) is 3.35. The molecular formula is C19H21F2N5O2. The Morgan fingerprint density at radius 2 is 1.86 bits per heavy atom. The van der Waals surface area contributed by atoms with Crippen LogP contribution in [0.1, 0.15) is 50.4 Å². The fourth-order valence-electron chi connectivity index (χ4n) is 3.35. The quantitative estimate of drug-likeness (QED) is 0.706. The molecule has 148 valence electrons. The molecule has 0 aliphatic carbocycles. The number of hydrogen-bond acceptors (Lipinski definition) is 7. The highest BCUT2D eigenvalue weighted by molar-refractivity contribution is 5.89. The number of ether oxygens (including phenoxy) is 1. The van der Waals surface area contributed by atoms with Gasteiger partial charge in [0.15, 0.2) is 17.5 Å². The summed E-state index contributed by atoms with van der Waals surface area (Å²) in [6.45, 7) is 5.25. The van der Waals surface area contributed by atoms with Crippen LogP contribution in [-0.4, -0.2) is 33.3 Å². The Kier molecular flexibility index (Phi) is 5.17. The normalized spacial score (nSPS) is 16.6. The van der Waals surface area contributed by atoms with Crippen molar-refractivity contribution in [3.05, 3.63) is 41.8 Å². The molecule has 0 bridgehead atoms. The Morgan fingerprint density at radius 1 is 1.11 bits per heavy atom. The van der Waals surface area contributed by atoms with E-state index in [9.17, 15) is 8.78 Å². The van der Waals surface area contributed by atoms with Gasteiger partial charge in [0, 0.05) is 30.6 Å². The molecule has 1 N–H and O–H groups in total. The van der Waals surface area contributed by atoms with Gasteiger partial charge in [-0.3, -0.25) is 0 Å². The minimum Gasteiger partial charge on any atom is -0.381 e. The zero-order valence-corrected chi connectivity index (χ0v) is 15.7. The van der Waals surface area contributed by atoms with E-state index in [1.165, 1.54) is 6.33 Å². The zero-order valence-electron chi connectivity index (χ0n) is 15.7. The second-order valence-electron chi connectivity index (χ2n) is 7.22. The summed E-state index contributed by atoms with van der Waals surface area (Å²) in [5, 5.41) is 7.77. The second kappa shape index (κ2) is 7.75. The molecular weight excluding hydrogens is 368 g/mol. The molecule has 1 aliphatic rings. The van der Waals surface area contributed by atoms with Crippen molar-refractivity contribution in [2.45, 2.75) is 38.6 Å². The number of nitrogens with zero attached hydrogens (tertiary/aromatic N) is 4. The van der Waals surface area contributed by atoms with E-state index in [1.54, 1.807) is 0 Å². The number of halogens is 2. The molecule has 4 rings (SSSR count). The van der Waals surface area contributed by atoms with Crippen molar-refractivity contribution in [3.63, 3.8) is 0 Å². The Hall–Kier alpha value is -2.68. The van der Waals surface area contributed by atoms with E-state index in [4.69, 9.17) is 9.26 Å². The molecule has 0 spiro atoms. The summed E-state index contributed by atoms with van der Waals surface area (Å²) >= 11 is 0. The molecule has 1 aromatic carbocycles. The summed E-state index contributed by atoms with van der Waals surface area (Å²) in [6, 6.07) is 1.83. The van der Waals surface area contributed by atoms with Gasteiger partial charge in [-0.2, -0.15) is 4.98 Å². The van der Waals surface area contributed by atoms with Crippen LogP contribution in [0.25, 0.3) is 10.9 Å². The maximum atomic E-state index is 13.8. The molecule has 0 unspecified atom stereocenters. The van der Waals surface area contributed by atoms with Gasteiger partial charge in [0.1, 0.15) is 18.2 Å². The highest BCUT2D eigenvalue weighted by Crippen LogP contribution is 2.34. The van der Waals surface area contributed by atoms with E-state index in [0.29, 0.717) is 41.6 Å². The average molecular weight is 389 g/mol. The van der Waals surface area contributed by atoms with Gasteiger partial charge in [-0.1, -0.05) is 19.0 Å². The summed E-state index contributed by atoms with van der Waals surface area (Å²) in [4.78, 5) is 12.8. The predicted molar refractivity (Wildman–Crippen MR) is 97.7 cm³/mol. The molecule has 3 heterocycles. The number of anilines is 1. The van der Waals surface area contributed by atoms with Gasteiger partial charge in [0.05, 0.1) is 5.52 Å². The minimum absolute atomic E-state index is 0.129. The molecule has 1 atom stereocenters. The van der Waals surface area contributed by atoms with E-state index in [0.717, 1.165) is 25.0 Å². The van der Waals surface area contributed by atoms with Gasteiger partial charge in [-0.05, 0) is 24.8 Å². The lowest BCUT2D eigenvalue weighted by molar-refractivity contribution is 0.0571. The van der Waals surface area contributed by atoms with Crippen molar-refractivity contribution < 1.29 is 18.0 Å². The SMILES string of the molecule is CC(C)c1noc([C@@H](Nc2ncnc3cc(F)c(F)cc23)C2CCOCC2)n1. The summed E-state index contributed by atoms with van der Waals surface area (Å²) in [7, 11) is 0. The van der Waals surface area contributed by atoms with Crippen LogP contribution in [0, 0.1) is 17.6 Å². The first-order valence-corrected chi connectivity index (χ1v) is 9.30. The largest absolute Gasteiger partial charge is 0.381 e. The third kappa shape index (κ3) is 3.66. The zero-order chi connectivity index (χ0) is 19.7. The molecule has 2 aromatic heterocycles. The highest BCUT2D eigenvalue weighted by atomic mass is 19.2. The third-order valence-corrected chi connectivity index (χ3v) is 4.95. The van der Waals surface area contributed by atoms with Crippen molar-refractivity contribution >= 4 is 16.7 Å². The van der Waals surface area contributed by atoms with Crippen molar-refractivity contribution in [2.24, 2.45) is 5.92 Å². The lowest BCUT2D eigenvalue weighted by atomic mass is 9.91. The number of benzene rings is 1. The fraction of sp³-hybridized carbons (Fsp3) is 0.474. The molecule has 1 aliphatic heterocycles. The number of fused-ring (bicyclic) bond motifs is 1. The maximum Gasteiger partial charge on any atom is 0.249 e. The highest BCUT2D eigenvalue weighted by Gasteiger charge is 2.31. The van der Waals surface area contributed by atoms with E-state index in [-0.39, 0.29) is 17.9 Å². The second-order valence-corrected chi connectivity index (χ2v) is 7.22. The topological polar surface area (TPSA) is 86.0 Å². The summed E-state index contributed by atoms with van der Waals surface area (Å²) in [6.07, 6.45) is 2.93. The average Bonchev–Trinajstić information content (AvgIpc) is 3.18. The van der Waals surface area contributed by atoms with E-state index < -0.39 is 11.6 Å². The van der Waals surface area contributed by atoms with Crippen LogP contribution in [-0.2, 0) is 4.74 Å². The number of aromatic nitrogens is 4. The maximum absolute atomic E-state index is 13.8. The number of hydrogen-bond donors (Lipinski definition) is 1. The van der Waals surface area contributed by atoms with Crippen molar-refractivity contribution in [2.75, 3.05) is 18.5 Å². The van der Waals surface area contributed by atoms with Gasteiger partial charge >= 0.3 is 0 Å². The summed E-state index contributed by atoms with van der Waals surface area (Å²) < 4.78 is 38.4. The molecule has 0 saturated carbocycles. The van der Waals surface area contributed by atoms with Crippen LogP contribution in [0.4, 0.5) is 14.6 Å². The number of nitrogens with one attached hydrogen (secondary N) is 1. The van der Waals surface area contributed by atoms with E-state index >= 15 is 0 Å². The monoisotopic (exact) mass is 389 g/mol. The molecule has 0 radical (unpaired) electrons. The van der Waals surface area contributed by atoms with Crippen LogP contribution in [0.15, 0.2) is 23.0 Å². The van der Waals surface area contributed by atoms with Gasteiger partial charge in [0.25, 0.3) is 0 Å². The number of rotatable bonds is 5. The Bertz CT molecular complexity index is 972. The molecule has 1 saturated heterocycles. The molecule has 1 fully saturated rings. The van der Waals surface area contributed by atoms with Crippen molar-refractivity contribution in [1.82, 2.24) is 20.1 Å². The first kappa shape index (κ1) is 18.7. The van der Waals surface area contributed by atoms with Gasteiger partial charge < -0.3 is 14.6 Å². The van der Waals surface area contributed by atoms with Gasteiger partial charge in [0.2, 0.25) is 5.89 Å². The van der Waals surface area contributed by atoms with E-state index in [2.05, 4.69) is 25.4 Å². The molecule has 9 heteroatoms. The van der Waals surface area contributed by atoms with Gasteiger partial charge in [-0.15, -0.1) is 0 Å². The Morgan fingerprint density at radius 3 is 2.57 bits per heavy atom. The predicted octanol–water partition coefficient (Wildman–Crippen LogP) is 3.99. The summed E-state index contributed by atoms with van der Waals surface area (Å²) in [5.74, 6) is -0.136. The third-order valence-electron chi connectivity index (χ3n) is 4.95. The van der Waals surface area contributed by atoms with Gasteiger partial charge in [-0.25, -0.2) is 18.7 Å². The van der Waals surface area contributed by atoms with Crippen LogP contribution in [0.5, 0.6) is 0 Å². The summed E-state index contributed by atoms with van der Waals surface area (Å²) in [5.41, 5.74) is 0.315. The van der Waals surface area contributed by atoms with Crippen LogP contribution < -0.4 is 5.32 Å². The first-order valence-electron chi connectivity index (χ1n) is 9.30. The smallest absolute Gasteiger partial charge is 0.249 e. The molecule has 7 nitrogen and oxygen atoms in total. The lowest BCUT2D eigenvalue weighted by Crippen LogP contribution is -2.27. The van der Waals surface area contributed by atoms with Crippen molar-refractivity contribution in [3.8, 4) is 0 Å².